The fraction of sp³-hybridized carbons (Fsp3) is 0.304. The van der Waals surface area contributed by atoms with Crippen LogP contribution in [0.2, 0.25) is 0 Å². The second kappa shape index (κ2) is 8.59. The molecule has 4 N–H and O–H groups in total. The van der Waals surface area contributed by atoms with Crippen molar-refractivity contribution in [1.82, 2.24) is 20.6 Å². The molecule has 0 aliphatic carbocycles. The first kappa shape index (κ1) is 20.6. The maximum atomic E-state index is 12.9. The smallest absolute Gasteiger partial charge is 0.254 e. The molecule has 0 saturated carbocycles. The minimum Gasteiger partial charge on any atom is -0.346 e. The maximum Gasteiger partial charge on any atom is 0.254 e. The highest BCUT2D eigenvalue weighted by atomic mass is 16.2. The van der Waals surface area contributed by atoms with Gasteiger partial charge in [0.05, 0.1) is 34.7 Å². The molecule has 2 aromatic carbocycles. The summed E-state index contributed by atoms with van der Waals surface area (Å²) < 4.78 is 0. The molecule has 1 aromatic heterocycles. The Hall–Kier alpha value is -3.68. The molecule has 0 fully saturated rings. The predicted octanol–water partition coefficient (Wildman–Crippen LogP) is 2.91. The molecule has 1 aliphatic rings. The zero-order valence-corrected chi connectivity index (χ0v) is 17.4. The third-order valence-electron chi connectivity index (χ3n) is 5.67. The van der Waals surface area contributed by atoms with Crippen LogP contribution in [-0.2, 0) is 9.59 Å². The Bertz CT molecular complexity index is 1110. The zero-order chi connectivity index (χ0) is 22.0. The summed E-state index contributed by atoms with van der Waals surface area (Å²) in [5, 5.41) is 8.39. The van der Waals surface area contributed by atoms with Gasteiger partial charge in [0.15, 0.2) is 0 Å². The molecule has 3 amide bonds. The second-order valence-corrected chi connectivity index (χ2v) is 7.83. The maximum absolute atomic E-state index is 12.9. The van der Waals surface area contributed by atoms with Crippen molar-refractivity contribution in [3.05, 3.63) is 59.9 Å². The molecular weight excluding hydrogens is 394 g/mol. The summed E-state index contributed by atoms with van der Waals surface area (Å²) >= 11 is 0. The van der Waals surface area contributed by atoms with Crippen LogP contribution >= 0.6 is 0 Å². The molecule has 4 rings (SSSR count). The number of carbonyl (C=O) groups excluding carboxylic acids is 3. The van der Waals surface area contributed by atoms with E-state index in [0.717, 1.165) is 17.5 Å². The van der Waals surface area contributed by atoms with Crippen LogP contribution in [-0.4, -0.2) is 33.7 Å². The number of rotatable bonds is 6. The molecule has 0 saturated heterocycles. The SMILES string of the molecule is CC[C@H](C)[C@@H](NC(=O)C[C@H]1NC(=O)c2ccccc2NC1=O)c1nc2ccccc2[nH]1. The molecular formula is C23H25N5O3. The number of nitrogens with one attached hydrogen (secondary N) is 4. The van der Waals surface area contributed by atoms with Crippen LogP contribution in [0.4, 0.5) is 5.69 Å². The number of para-hydroxylation sites is 3. The lowest BCUT2D eigenvalue weighted by Gasteiger charge is -2.23. The van der Waals surface area contributed by atoms with Gasteiger partial charge >= 0.3 is 0 Å². The summed E-state index contributed by atoms with van der Waals surface area (Å²) in [6.45, 7) is 4.08. The first-order valence-electron chi connectivity index (χ1n) is 10.4. The minimum absolute atomic E-state index is 0.117. The summed E-state index contributed by atoms with van der Waals surface area (Å²) in [4.78, 5) is 45.9. The van der Waals surface area contributed by atoms with Crippen molar-refractivity contribution in [2.75, 3.05) is 5.32 Å². The largest absolute Gasteiger partial charge is 0.346 e. The van der Waals surface area contributed by atoms with Gasteiger partial charge in [0.1, 0.15) is 11.9 Å². The van der Waals surface area contributed by atoms with E-state index in [4.69, 9.17) is 0 Å². The van der Waals surface area contributed by atoms with E-state index in [9.17, 15) is 14.4 Å². The Balaban J connectivity index is 1.50. The van der Waals surface area contributed by atoms with Crippen LogP contribution in [0.1, 0.15) is 48.9 Å². The quantitative estimate of drug-likeness (QED) is 0.492. The molecule has 3 aromatic rings. The number of benzene rings is 2. The van der Waals surface area contributed by atoms with Gasteiger partial charge in [-0.2, -0.15) is 0 Å². The Morgan fingerprint density at radius 2 is 1.87 bits per heavy atom. The Morgan fingerprint density at radius 1 is 1.13 bits per heavy atom. The number of amides is 3. The first-order valence-corrected chi connectivity index (χ1v) is 10.4. The van der Waals surface area contributed by atoms with E-state index in [1.165, 1.54) is 0 Å². The van der Waals surface area contributed by atoms with Crippen molar-refractivity contribution >= 4 is 34.4 Å². The molecule has 8 heteroatoms. The fourth-order valence-corrected chi connectivity index (χ4v) is 3.71. The van der Waals surface area contributed by atoms with Gasteiger partial charge in [-0.05, 0) is 30.2 Å². The summed E-state index contributed by atoms with van der Waals surface area (Å²) in [7, 11) is 0. The molecule has 31 heavy (non-hydrogen) atoms. The van der Waals surface area contributed by atoms with Gasteiger partial charge in [-0.25, -0.2) is 4.98 Å². The summed E-state index contributed by atoms with van der Waals surface area (Å²) in [5.41, 5.74) is 2.53. The van der Waals surface area contributed by atoms with E-state index in [-0.39, 0.29) is 30.2 Å². The van der Waals surface area contributed by atoms with Crippen LogP contribution in [0.3, 0.4) is 0 Å². The third-order valence-corrected chi connectivity index (χ3v) is 5.67. The topological polar surface area (TPSA) is 116 Å². The highest BCUT2D eigenvalue weighted by Crippen LogP contribution is 2.25. The Morgan fingerprint density at radius 3 is 2.65 bits per heavy atom. The van der Waals surface area contributed by atoms with E-state index in [1.54, 1.807) is 24.3 Å². The van der Waals surface area contributed by atoms with Crippen molar-refractivity contribution in [3.63, 3.8) is 0 Å². The van der Waals surface area contributed by atoms with Crippen LogP contribution in [0.25, 0.3) is 11.0 Å². The monoisotopic (exact) mass is 419 g/mol. The molecule has 1 aliphatic heterocycles. The minimum atomic E-state index is -0.965. The second-order valence-electron chi connectivity index (χ2n) is 7.83. The summed E-state index contributed by atoms with van der Waals surface area (Å²) in [6, 6.07) is 13.1. The number of hydrogen-bond donors (Lipinski definition) is 4. The van der Waals surface area contributed by atoms with E-state index in [2.05, 4.69) is 25.9 Å². The molecule has 0 radical (unpaired) electrons. The van der Waals surface area contributed by atoms with Gasteiger partial charge in [0.2, 0.25) is 11.8 Å². The number of imidazole rings is 1. The van der Waals surface area contributed by atoms with Gasteiger partial charge < -0.3 is 20.9 Å². The molecule has 0 spiro atoms. The summed E-state index contributed by atoms with van der Waals surface area (Å²) in [5.74, 6) is -0.353. The van der Waals surface area contributed by atoms with Gasteiger partial charge in [-0.3, -0.25) is 14.4 Å². The van der Waals surface area contributed by atoms with Gasteiger partial charge in [-0.1, -0.05) is 44.5 Å². The van der Waals surface area contributed by atoms with Crippen molar-refractivity contribution < 1.29 is 14.4 Å². The zero-order valence-electron chi connectivity index (χ0n) is 17.4. The predicted molar refractivity (Wildman–Crippen MR) is 117 cm³/mol. The molecule has 3 atom stereocenters. The number of H-pyrrole nitrogens is 1. The van der Waals surface area contributed by atoms with Crippen molar-refractivity contribution in [2.24, 2.45) is 5.92 Å². The van der Waals surface area contributed by atoms with Gasteiger partial charge in [0.25, 0.3) is 5.91 Å². The fourth-order valence-electron chi connectivity index (χ4n) is 3.71. The van der Waals surface area contributed by atoms with Crippen LogP contribution < -0.4 is 16.0 Å². The van der Waals surface area contributed by atoms with Crippen molar-refractivity contribution in [3.8, 4) is 0 Å². The van der Waals surface area contributed by atoms with Crippen LogP contribution in [0.5, 0.6) is 0 Å². The Labute approximate surface area is 179 Å². The normalized spacial score (nSPS) is 17.8. The number of carbonyl (C=O) groups is 3. The van der Waals surface area contributed by atoms with E-state index < -0.39 is 11.9 Å². The first-order chi connectivity index (χ1) is 15.0. The molecule has 160 valence electrons. The molecule has 2 heterocycles. The average molecular weight is 419 g/mol. The molecule has 0 bridgehead atoms. The van der Waals surface area contributed by atoms with Crippen LogP contribution in [0.15, 0.2) is 48.5 Å². The van der Waals surface area contributed by atoms with E-state index in [0.29, 0.717) is 17.1 Å². The lowest BCUT2D eigenvalue weighted by Crippen LogP contribution is -2.45. The van der Waals surface area contributed by atoms with E-state index >= 15 is 0 Å². The van der Waals surface area contributed by atoms with Crippen molar-refractivity contribution in [1.29, 1.82) is 0 Å². The number of hydrogen-bond acceptors (Lipinski definition) is 4. The van der Waals surface area contributed by atoms with Gasteiger partial charge in [0, 0.05) is 0 Å². The molecule has 0 unspecified atom stereocenters. The number of nitrogens with zero attached hydrogens (tertiary/aromatic N) is 1. The van der Waals surface area contributed by atoms with Crippen molar-refractivity contribution in [2.45, 2.75) is 38.8 Å². The number of aromatic amines is 1. The number of aromatic nitrogens is 2. The highest BCUT2D eigenvalue weighted by molar-refractivity contribution is 6.10. The highest BCUT2D eigenvalue weighted by Gasteiger charge is 2.31. The van der Waals surface area contributed by atoms with E-state index in [1.807, 2.05) is 38.1 Å². The number of anilines is 1. The third kappa shape index (κ3) is 4.28. The lowest BCUT2D eigenvalue weighted by atomic mass is 9.98. The number of fused-ring (bicyclic) bond motifs is 2. The molecule has 8 nitrogen and oxygen atoms in total. The lowest BCUT2D eigenvalue weighted by molar-refractivity contribution is -0.126. The van der Waals surface area contributed by atoms with Gasteiger partial charge in [-0.15, -0.1) is 0 Å². The Kier molecular flexibility index (Phi) is 5.70. The van der Waals surface area contributed by atoms with Crippen LogP contribution in [0, 0.1) is 5.92 Å². The average Bonchev–Trinajstić information content (AvgIpc) is 3.15. The standard InChI is InChI=1S/C23H25N5O3/c1-3-13(2)20(21-24-16-10-6-7-11-17(16)25-21)28-19(29)12-18-23(31)26-15-9-5-4-8-14(15)22(30)27-18/h4-11,13,18,20H,3,12H2,1-2H3,(H,24,25)(H,26,31)(H,27,30)(H,28,29)/t13-,18+,20+/m0/s1. The summed E-state index contributed by atoms with van der Waals surface area (Å²) in [6.07, 6.45) is 0.663.